The van der Waals surface area contributed by atoms with Gasteiger partial charge in [0.2, 0.25) is 0 Å². The Balaban J connectivity index is -0.0000000393. The van der Waals surface area contributed by atoms with Crippen molar-refractivity contribution < 1.29 is 24.0 Å². The van der Waals surface area contributed by atoms with Crippen LogP contribution in [0.25, 0.3) is 0 Å². The van der Waals surface area contributed by atoms with Crippen LogP contribution in [0.1, 0.15) is 26.2 Å². The van der Waals surface area contributed by atoms with Crippen LogP contribution in [0.2, 0.25) is 0 Å². The molecule has 0 atom stereocenters. The van der Waals surface area contributed by atoms with Crippen molar-refractivity contribution in [1.29, 1.82) is 0 Å². The average Bonchev–Trinajstić information content (AvgIpc) is 2.01. The Kier molecular flexibility index (Phi) is 63.2. The van der Waals surface area contributed by atoms with Crippen molar-refractivity contribution in [1.82, 2.24) is 0 Å². The fraction of sp³-hybridized carbons (Fsp3) is 1.00. The Bertz CT molecular complexity index is 134. The quantitative estimate of drug-likeness (QED) is 0.320. The molecule has 10 heteroatoms. The number of hydrogen-bond acceptors (Lipinski definition) is 3. The standard InChI is InChI=1S/C5H13O4P.CH4O.4Na.4H/c1-2-3-4-5-9-10(6,7)8;1-2;;;;;;;;/h2-5H2,1H3,(H2,6,7,8);2H,1H3;;;;;;;;. The fourth-order valence-corrected chi connectivity index (χ4v) is 0.902. The molecule has 0 saturated carbocycles. The number of unbranched alkanes of at least 4 members (excludes halogenated alkanes) is 2. The maximum absolute atomic E-state index is 10.1. The zero-order chi connectivity index (χ0) is 10.0. The number of hydrogen-bond donors (Lipinski definition) is 3. The molecule has 3 N–H and O–H groups in total. The van der Waals surface area contributed by atoms with Gasteiger partial charge in [-0.05, 0) is 6.42 Å². The molecule has 0 bridgehead atoms. The Labute approximate surface area is 186 Å². The van der Waals surface area contributed by atoms with E-state index < -0.39 is 7.82 Å². The van der Waals surface area contributed by atoms with Crippen LogP contribution >= 0.6 is 7.82 Å². The molecule has 0 heterocycles. The molecular formula is C6H21Na4O5P. The average molecular weight is 296 g/mol. The van der Waals surface area contributed by atoms with Crippen LogP contribution < -0.4 is 0 Å². The molecule has 0 aromatic heterocycles. The van der Waals surface area contributed by atoms with Gasteiger partial charge < -0.3 is 14.9 Å². The third-order valence-corrected chi connectivity index (χ3v) is 1.53. The molecular weight excluding hydrogens is 275 g/mol. The van der Waals surface area contributed by atoms with E-state index in [-0.39, 0.29) is 125 Å². The minimum atomic E-state index is -4.21. The summed E-state index contributed by atoms with van der Waals surface area (Å²) in [6, 6.07) is 0. The topological polar surface area (TPSA) is 87.0 Å². The molecule has 5 nitrogen and oxygen atoms in total. The summed E-state index contributed by atoms with van der Waals surface area (Å²) in [5.74, 6) is 0. The summed E-state index contributed by atoms with van der Waals surface area (Å²) in [6.45, 7) is 2.16. The van der Waals surface area contributed by atoms with Gasteiger partial charge in [0, 0.05) is 7.11 Å². The van der Waals surface area contributed by atoms with Gasteiger partial charge in [0.25, 0.3) is 0 Å². The van der Waals surface area contributed by atoms with Gasteiger partial charge in [0.1, 0.15) is 0 Å². The molecule has 84 valence electrons. The second kappa shape index (κ2) is 27.4. The van der Waals surface area contributed by atoms with Crippen molar-refractivity contribution in [3.63, 3.8) is 0 Å². The van der Waals surface area contributed by atoms with Gasteiger partial charge in [-0.2, -0.15) is 0 Å². The van der Waals surface area contributed by atoms with Crippen molar-refractivity contribution in [2.45, 2.75) is 26.2 Å². The predicted octanol–water partition coefficient (Wildman–Crippen LogP) is -1.70. The fourth-order valence-electron chi connectivity index (χ4n) is 0.536. The summed E-state index contributed by atoms with van der Waals surface area (Å²) >= 11 is 0. The molecule has 0 spiro atoms. The van der Waals surface area contributed by atoms with Crippen molar-refractivity contribution in [3.05, 3.63) is 0 Å². The van der Waals surface area contributed by atoms with E-state index in [0.29, 0.717) is 6.42 Å². The van der Waals surface area contributed by atoms with E-state index >= 15 is 0 Å². The van der Waals surface area contributed by atoms with Gasteiger partial charge >= 0.3 is 126 Å². The number of phosphoric ester groups is 1. The molecule has 0 aliphatic heterocycles. The minimum absolute atomic E-state index is 0. The van der Waals surface area contributed by atoms with Crippen molar-refractivity contribution in [3.8, 4) is 0 Å². The van der Waals surface area contributed by atoms with Gasteiger partial charge in [-0.1, -0.05) is 19.8 Å². The van der Waals surface area contributed by atoms with Gasteiger partial charge in [-0.25, -0.2) is 4.57 Å². The molecule has 0 fully saturated rings. The van der Waals surface area contributed by atoms with Crippen molar-refractivity contribution in [2.24, 2.45) is 0 Å². The van der Waals surface area contributed by atoms with E-state index in [1.165, 1.54) is 0 Å². The van der Waals surface area contributed by atoms with Gasteiger partial charge in [-0.3, -0.25) is 4.52 Å². The predicted molar refractivity (Wildman–Crippen MR) is 74.3 cm³/mol. The summed E-state index contributed by atoms with van der Waals surface area (Å²) in [4.78, 5) is 16.4. The van der Waals surface area contributed by atoms with Crippen LogP contribution in [0, 0.1) is 0 Å². The van der Waals surface area contributed by atoms with E-state index in [4.69, 9.17) is 14.9 Å². The van der Waals surface area contributed by atoms with Crippen LogP contribution in [0.3, 0.4) is 0 Å². The SMILES string of the molecule is CCCCCOP(=O)(O)O.CO.[NaH].[NaH].[NaH].[NaH]. The van der Waals surface area contributed by atoms with E-state index in [1.54, 1.807) is 0 Å². The van der Waals surface area contributed by atoms with Gasteiger partial charge in [0.05, 0.1) is 6.61 Å². The van der Waals surface area contributed by atoms with Gasteiger partial charge in [-0.15, -0.1) is 0 Å². The van der Waals surface area contributed by atoms with Gasteiger partial charge in [0.15, 0.2) is 0 Å². The summed E-state index contributed by atoms with van der Waals surface area (Å²) < 4.78 is 14.3. The molecule has 0 amide bonds. The first-order chi connectivity index (χ1) is 5.56. The first-order valence-corrected chi connectivity index (χ1v) is 5.24. The Morgan fingerprint density at radius 3 is 1.62 bits per heavy atom. The summed E-state index contributed by atoms with van der Waals surface area (Å²) in [5, 5.41) is 7.00. The molecule has 0 radical (unpaired) electrons. The third kappa shape index (κ3) is 43.0. The number of aliphatic hydroxyl groups is 1. The summed E-state index contributed by atoms with van der Waals surface area (Å²) in [6.07, 6.45) is 2.67. The van der Waals surface area contributed by atoms with Crippen LogP contribution in [0.5, 0.6) is 0 Å². The van der Waals surface area contributed by atoms with E-state index in [9.17, 15) is 4.57 Å². The van der Waals surface area contributed by atoms with Crippen molar-refractivity contribution in [2.75, 3.05) is 13.7 Å². The normalized spacial score (nSPS) is 7.81. The third-order valence-electron chi connectivity index (χ3n) is 1.01. The monoisotopic (exact) mass is 296 g/mol. The molecule has 0 rings (SSSR count). The van der Waals surface area contributed by atoms with E-state index in [0.717, 1.165) is 20.0 Å². The Hall–Kier alpha value is 4.07. The van der Waals surface area contributed by atoms with Crippen LogP contribution in [-0.2, 0) is 9.09 Å². The number of aliphatic hydroxyl groups excluding tert-OH is 1. The van der Waals surface area contributed by atoms with E-state index in [2.05, 4.69) is 4.52 Å². The molecule has 0 aliphatic carbocycles. The maximum atomic E-state index is 10.1. The second-order valence-corrected chi connectivity index (χ2v) is 3.27. The van der Waals surface area contributed by atoms with Crippen LogP contribution in [0.4, 0.5) is 0 Å². The Morgan fingerprint density at radius 1 is 1.00 bits per heavy atom. The zero-order valence-electron chi connectivity index (χ0n) is 7.43. The first-order valence-electron chi connectivity index (χ1n) is 3.71. The van der Waals surface area contributed by atoms with Crippen LogP contribution in [0.15, 0.2) is 0 Å². The molecule has 0 unspecified atom stereocenters. The summed E-state index contributed by atoms with van der Waals surface area (Å²) in [7, 11) is -3.21. The molecule has 0 aromatic rings. The molecule has 0 saturated heterocycles. The Morgan fingerprint density at radius 2 is 1.38 bits per heavy atom. The molecule has 16 heavy (non-hydrogen) atoms. The van der Waals surface area contributed by atoms with Crippen LogP contribution in [-0.4, -0.2) is 147 Å². The number of rotatable bonds is 5. The first kappa shape index (κ1) is 36.9. The summed E-state index contributed by atoms with van der Waals surface area (Å²) in [5.41, 5.74) is 0. The molecule has 0 aromatic carbocycles. The second-order valence-electron chi connectivity index (χ2n) is 2.03. The van der Waals surface area contributed by atoms with Crippen molar-refractivity contribution >= 4 is 126 Å². The van der Waals surface area contributed by atoms with E-state index in [1.807, 2.05) is 6.92 Å². The zero-order valence-corrected chi connectivity index (χ0v) is 8.33. The number of phosphoric acid groups is 1. The molecule has 0 aliphatic rings.